The number of nitrogens with one attached hydrogen (secondary N) is 1. The lowest BCUT2D eigenvalue weighted by Crippen LogP contribution is -2.11. The van der Waals surface area contributed by atoms with Crippen LogP contribution < -0.4 is 10.1 Å². The van der Waals surface area contributed by atoms with E-state index in [1.165, 1.54) is 16.8 Å². The van der Waals surface area contributed by atoms with Crippen molar-refractivity contribution in [1.29, 1.82) is 0 Å². The monoisotopic (exact) mass is 486 g/mol. The van der Waals surface area contributed by atoms with Crippen molar-refractivity contribution in [3.8, 4) is 23.1 Å². The normalized spacial score (nSPS) is 11.3. The fourth-order valence-electron chi connectivity index (χ4n) is 3.18. The summed E-state index contributed by atoms with van der Waals surface area (Å²) in [6.45, 7) is 2.05. The van der Waals surface area contributed by atoms with Gasteiger partial charge in [0.1, 0.15) is 0 Å². The molecule has 10 heteroatoms. The maximum absolute atomic E-state index is 13.2. The van der Waals surface area contributed by atoms with E-state index in [9.17, 15) is 18.0 Å². The summed E-state index contributed by atoms with van der Waals surface area (Å²) < 4.78 is 46.4. The molecule has 0 spiro atoms. The first-order valence-corrected chi connectivity index (χ1v) is 10.6. The van der Waals surface area contributed by atoms with Crippen LogP contribution in [0.3, 0.4) is 0 Å². The van der Waals surface area contributed by atoms with Gasteiger partial charge in [-0.25, -0.2) is 4.68 Å². The Bertz CT molecular complexity index is 1300. The Hall–Kier alpha value is -3.85. The van der Waals surface area contributed by atoms with Gasteiger partial charge in [-0.05, 0) is 67.6 Å². The SMILES string of the molecule is CCOc1nc(-c2cccc(C(F)(F)F)c2)n(-c2ccc(NC(=O)c3ccc(Cl)cc3)cc2)n1. The minimum absolute atomic E-state index is 0.0371. The van der Waals surface area contributed by atoms with E-state index in [4.69, 9.17) is 16.3 Å². The standard InChI is InChI=1S/C24H18ClF3N4O2/c1-2-34-23-30-21(16-4-3-5-17(14-16)24(26,27)28)32(31-23)20-12-10-19(11-13-20)29-22(33)15-6-8-18(25)9-7-15/h3-14H,2H2,1H3,(H,29,33). The van der Waals surface area contributed by atoms with Gasteiger partial charge >= 0.3 is 12.2 Å². The predicted molar refractivity (Wildman–Crippen MR) is 122 cm³/mol. The molecule has 0 saturated heterocycles. The maximum Gasteiger partial charge on any atom is 0.416 e. The first-order valence-electron chi connectivity index (χ1n) is 10.2. The van der Waals surface area contributed by atoms with Crippen LogP contribution in [0, 0.1) is 0 Å². The van der Waals surface area contributed by atoms with Crippen LogP contribution in [0.4, 0.5) is 18.9 Å². The molecule has 34 heavy (non-hydrogen) atoms. The van der Waals surface area contributed by atoms with Crippen LogP contribution in [0.2, 0.25) is 5.02 Å². The van der Waals surface area contributed by atoms with Crippen LogP contribution >= 0.6 is 11.6 Å². The fourth-order valence-corrected chi connectivity index (χ4v) is 3.30. The quantitative estimate of drug-likeness (QED) is 0.349. The molecule has 0 fully saturated rings. The topological polar surface area (TPSA) is 69.0 Å². The molecule has 0 bridgehead atoms. The van der Waals surface area contributed by atoms with Crippen LogP contribution in [0.1, 0.15) is 22.8 Å². The minimum atomic E-state index is -4.49. The molecule has 4 rings (SSSR count). The number of halogens is 4. The Balaban J connectivity index is 1.64. The van der Waals surface area contributed by atoms with Gasteiger partial charge in [0.05, 0.1) is 17.9 Å². The second-order valence-electron chi connectivity index (χ2n) is 7.15. The Labute approximate surface area is 198 Å². The lowest BCUT2D eigenvalue weighted by Gasteiger charge is -2.10. The molecule has 174 valence electrons. The third-order valence-corrected chi connectivity index (χ3v) is 5.04. The van der Waals surface area contributed by atoms with E-state index in [1.807, 2.05) is 0 Å². The third-order valence-electron chi connectivity index (χ3n) is 4.79. The minimum Gasteiger partial charge on any atom is -0.463 e. The van der Waals surface area contributed by atoms with Gasteiger partial charge in [-0.1, -0.05) is 23.7 Å². The van der Waals surface area contributed by atoms with Crippen molar-refractivity contribution >= 4 is 23.2 Å². The van der Waals surface area contributed by atoms with Crippen molar-refractivity contribution in [3.63, 3.8) is 0 Å². The number of carbonyl (C=O) groups is 1. The highest BCUT2D eigenvalue weighted by Crippen LogP contribution is 2.33. The summed E-state index contributed by atoms with van der Waals surface area (Å²) >= 11 is 5.85. The van der Waals surface area contributed by atoms with Gasteiger partial charge in [0.15, 0.2) is 5.82 Å². The molecular formula is C24H18ClF3N4O2. The van der Waals surface area contributed by atoms with Crippen molar-refractivity contribution in [2.45, 2.75) is 13.1 Å². The predicted octanol–water partition coefficient (Wildman–Crippen LogP) is 6.26. The van der Waals surface area contributed by atoms with Gasteiger partial charge in [-0.2, -0.15) is 18.2 Å². The summed E-state index contributed by atoms with van der Waals surface area (Å²) in [6, 6.07) is 18.0. The van der Waals surface area contributed by atoms with Crippen LogP contribution in [-0.2, 0) is 6.18 Å². The molecule has 0 unspecified atom stereocenters. The number of alkyl halides is 3. The van der Waals surface area contributed by atoms with E-state index in [0.717, 1.165) is 12.1 Å². The first kappa shape index (κ1) is 23.3. The zero-order valence-electron chi connectivity index (χ0n) is 17.8. The van der Waals surface area contributed by atoms with Gasteiger partial charge < -0.3 is 10.1 Å². The molecule has 0 radical (unpaired) electrons. The van der Waals surface area contributed by atoms with E-state index in [1.54, 1.807) is 55.5 Å². The molecule has 1 heterocycles. The summed E-state index contributed by atoms with van der Waals surface area (Å²) in [5.74, 6) is -0.124. The van der Waals surface area contributed by atoms with Crippen LogP contribution in [0.25, 0.3) is 17.1 Å². The summed E-state index contributed by atoms with van der Waals surface area (Å²) in [6.07, 6.45) is -4.49. The second kappa shape index (κ2) is 9.56. The summed E-state index contributed by atoms with van der Waals surface area (Å²) in [5, 5.41) is 7.59. The van der Waals surface area contributed by atoms with Gasteiger partial charge in [0, 0.05) is 21.8 Å². The largest absolute Gasteiger partial charge is 0.463 e. The summed E-state index contributed by atoms with van der Waals surface area (Å²) in [5.41, 5.74) is 0.925. The number of ether oxygens (including phenoxy) is 1. The molecule has 0 aliphatic carbocycles. The molecule has 1 amide bonds. The van der Waals surface area contributed by atoms with Gasteiger partial charge in [-0.15, -0.1) is 5.10 Å². The van der Waals surface area contributed by atoms with Crippen molar-refractivity contribution in [3.05, 3.63) is 88.9 Å². The highest BCUT2D eigenvalue weighted by molar-refractivity contribution is 6.30. The average Bonchev–Trinajstić information content (AvgIpc) is 3.24. The van der Waals surface area contributed by atoms with Crippen molar-refractivity contribution in [2.24, 2.45) is 0 Å². The molecule has 0 aliphatic heterocycles. The fraction of sp³-hybridized carbons (Fsp3) is 0.125. The number of nitrogens with zero attached hydrogens (tertiary/aromatic N) is 3. The van der Waals surface area contributed by atoms with Crippen LogP contribution in [0.5, 0.6) is 6.01 Å². The highest BCUT2D eigenvalue weighted by Gasteiger charge is 2.31. The number of amides is 1. The lowest BCUT2D eigenvalue weighted by atomic mass is 10.1. The number of carbonyl (C=O) groups excluding carboxylic acids is 1. The molecule has 0 saturated carbocycles. The third kappa shape index (κ3) is 5.20. The molecule has 3 aromatic carbocycles. The van der Waals surface area contributed by atoms with Crippen molar-refractivity contribution < 1.29 is 22.7 Å². The number of benzene rings is 3. The molecule has 4 aromatic rings. The molecular weight excluding hydrogens is 469 g/mol. The molecule has 0 aliphatic rings. The first-order chi connectivity index (χ1) is 16.2. The lowest BCUT2D eigenvalue weighted by molar-refractivity contribution is -0.137. The van der Waals surface area contributed by atoms with Crippen molar-refractivity contribution in [1.82, 2.24) is 14.8 Å². The van der Waals surface area contributed by atoms with Gasteiger partial charge in [0.25, 0.3) is 5.91 Å². The second-order valence-corrected chi connectivity index (χ2v) is 7.59. The Morgan fingerprint density at radius 2 is 1.76 bits per heavy atom. The highest BCUT2D eigenvalue weighted by atomic mass is 35.5. The van der Waals surface area contributed by atoms with E-state index in [-0.39, 0.29) is 23.3 Å². The zero-order chi connectivity index (χ0) is 24.3. The maximum atomic E-state index is 13.2. The Kier molecular flexibility index (Phi) is 6.56. The zero-order valence-corrected chi connectivity index (χ0v) is 18.6. The van der Waals surface area contributed by atoms with Crippen molar-refractivity contribution in [2.75, 3.05) is 11.9 Å². The summed E-state index contributed by atoms with van der Waals surface area (Å²) in [7, 11) is 0. The molecule has 1 aromatic heterocycles. The number of rotatable bonds is 6. The van der Waals surface area contributed by atoms with Crippen LogP contribution in [-0.4, -0.2) is 27.3 Å². The van der Waals surface area contributed by atoms with Gasteiger partial charge in [-0.3, -0.25) is 4.79 Å². The molecule has 1 N–H and O–H groups in total. The number of hydrogen-bond donors (Lipinski definition) is 1. The van der Waals surface area contributed by atoms with E-state index in [2.05, 4.69) is 15.4 Å². The molecule has 6 nitrogen and oxygen atoms in total. The number of aromatic nitrogens is 3. The molecule has 0 atom stereocenters. The summed E-state index contributed by atoms with van der Waals surface area (Å²) in [4.78, 5) is 16.7. The van der Waals surface area contributed by atoms with E-state index >= 15 is 0 Å². The Morgan fingerprint density at radius 1 is 1.06 bits per heavy atom. The van der Waals surface area contributed by atoms with E-state index in [0.29, 0.717) is 28.6 Å². The van der Waals surface area contributed by atoms with Crippen LogP contribution in [0.15, 0.2) is 72.8 Å². The van der Waals surface area contributed by atoms with E-state index < -0.39 is 11.7 Å². The van der Waals surface area contributed by atoms with Gasteiger partial charge in [0.2, 0.25) is 0 Å². The smallest absolute Gasteiger partial charge is 0.416 e. The average molecular weight is 487 g/mol. The number of hydrogen-bond acceptors (Lipinski definition) is 4. The number of anilines is 1. The Morgan fingerprint density at radius 3 is 2.41 bits per heavy atom.